The smallest absolute Gasteiger partial charge is 0.215 e. The van der Waals surface area contributed by atoms with E-state index in [-0.39, 0.29) is 5.82 Å². The maximum atomic E-state index is 13.0. The standard InChI is InChI=1S/C12H15FN2O/c1-3-12(14,4-2)11-15-9-6-5-8(13)7-10(9)16-11/h5-7H,3-4,14H2,1-2H3. The quantitative estimate of drug-likeness (QED) is 0.868. The monoisotopic (exact) mass is 222 g/mol. The van der Waals surface area contributed by atoms with Crippen LogP contribution in [0.25, 0.3) is 11.1 Å². The first-order valence-corrected chi connectivity index (χ1v) is 5.44. The van der Waals surface area contributed by atoms with Crippen molar-refractivity contribution in [3.63, 3.8) is 0 Å². The number of fused-ring (bicyclic) bond motifs is 1. The summed E-state index contributed by atoms with van der Waals surface area (Å²) in [6.45, 7) is 3.97. The summed E-state index contributed by atoms with van der Waals surface area (Å²) < 4.78 is 18.5. The molecule has 16 heavy (non-hydrogen) atoms. The Morgan fingerprint density at radius 3 is 2.69 bits per heavy atom. The van der Waals surface area contributed by atoms with E-state index in [2.05, 4.69) is 4.98 Å². The number of rotatable bonds is 3. The van der Waals surface area contributed by atoms with Crippen LogP contribution in [-0.4, -0.2) is 4.98 Å². The van der Waals surface area contributed by atoms with E-state index in [0.717, 1.165) is 12.8 Å². The van der Waals surface area contributed by atoms with Gasteiger partial charge in [-0.3, -0.25) is 0 Å². The van der Waals surface area contributed by atoms with Gasteiger partial charge in [-0.25, -0.2) is 9.37 Å². The number of benzene rings is 1. The highest BCUT2D eigenvalue weighted by atomic mass is 19.1. The van der Waals surface area contributed by atoms with Gasteiger partial charge in [0.25, 0.3) is 0 Å². The van der Waals surface area contributed by atoms with Crippen LogP contribution in [0.5, 0.6) is 0 Å². The zero-order valence-corrected chi connectivity index (χ0v) is 9.46. The Labute approximate surface area is 93.5 Å². The van der Waals surface area contributed by atoms with Crippen LogP contribution in [-0.2, 0) is 5.54 Å². The van der Waals surface area contributed by atoms with E-state index >= 15 is 0 Å². The predicted octanol–water partition coefficient (Wildman–Crippen LogP) is 2.94. The third-order valence-electron chi connectivity index (χ3n) is 3.04. The molecule has 0 bridgehead atoms. The van der Waals surface area contributed by atoms with Crippen LogP contribution in [0.4, 0.5) is 4.39 Å². The van der Waals surface area contributed by atoms with Gasteiger partial charge in [0.15, 0.2) is 5.58 Å². The fourth-order valence-corrected chi connectivity index (χ4v) is 1.66. The molecule has 4 heteroatoms. The molecule has 1 heterocycles. The summed E-state index contributed by atoms with van der Waals surface area (Å²) in [4.78, 5) is 4.31. The average Bonchev–Trinajstić information content (AvgIpc) is 2.71. The summed E-state index contributed by atoms with van der Waals surface area (Å²) in [6, 6.07) is 4.30. The van der Waals surface area contributed by atoms with Crippen molar-refractivity contribution in [1.82, 2.24) is 4.98 Å². The van der Waals surface area contributed by atoms with E-state index in [4.69, 9.17) is 10.2 Å². The molecule has 1 aromatic heterocycles. The molecule has 1 aromatic carbocycles. The number of hydrogen-bond donors (Lipinski definition) is 1. The van der Waals surface area contributed by atoms with Crippen LogP contribution < -0.4 is 5.73 Å². The Morgan fingerprint density at radius 2 is 2.06 bits per heavy atom. The van der Waals surface area contributed by atoms with Crippen molar-refractivity contribution < 1.29 is 8.81 Å². The minimum Gasteiger partial charge on any atom is -0.439 e. The van der Waals surface area contributed by atoms with Crippen molar-refractivity contribution in [2.45, 2.75) is 32.2 Å². The first kappa shape index (κ1) is 11.1. The van der Waals surface area contributed by atoms with Crippen molar-refractivity contribution in [2.24, 2.45) is 5.73 Å². The van der Waals surface area contributed by atoms with Gasteiger partial charge in [0.05, 0.1) is 5.54 Å². The van der Waals surface area contributed by atoms with Crippen LogP contribution in [0.1, 0.15) is 32.6 Å². The molecule has 0 aliphatic rings. The van der Waals surface area contributed by atoms with E-state index in [1.807, 2.05) is 13.8 Å². The van der Waals surface area contributed by atoms with Gasteiger partial charge in [-0.1, -0.05) is 13.8 Å². The van der Waals surface area contributed by atoms with Crippen molar-refractivity contribution in [3.8, 4) is 0 Å². The molecule has 2 N–H and O–H groups in total. The average molecular weight is 222 g/mol. The normalized spacial score (nSPS) is 12.2. The molecule has 86 valence electrons. The minimum absolute atomic E-state index is 0.328. The first-order chi connectivity index (χ1) is 7.59. The molecular weight excluding hydrogens is 207 g/mol. The lowest BCUT2D eigenvalue weighted by molar-refractivity contribution is 0.318. The maximum absolute atomic E-state index is 13.0. The van der Waals surface area contributed by atoms with Gasteiger partial charge in [-0.05, 0) is 25.0 Å². The zero-order valence-electron chi connectivity index (χ0n) is 9.46. The summed E-state index contributed by atoms with van der Waals surface area (Å²) in [5.74, 6) is 0.156. The molecule has 0 aliphatic heterocycles. The maximum Gasteiger partial charge on any atom is 0.215 e. The van der Waals surface area contributed by atoms with Gasteiger partial charge >= 0.3 is 0 Å². The molecule has 0 saturated carbocycles. The molecule has 0 amide bonds. The van der Waals surface area contributed by atoms with Crippen LogP contribution >= 0.6 is 0 Å². The molecule has 0 unspecified atom stereocenters. The summed E-state index contributed by atoms with van der Waals surface area (Å²) in [7, 11) is 0. The highest BCUT2D eigenvalue weighted by molar-refractivity contribution is 5.72. The van der Waals surface area contributed by atoms with Crippen LogP contribution in [0.2, 0.25) is 0 Å². The largest absolute Gasteiger partial charge is 0.439 e. The molecule has 0 spiro atoms. The topological polar surface area (TPSA) is 52.0 Å². The highest BCUT2D eigenvalue weighted by Gasteiger charge is 2.29. The first-order valence-electron chi connectivity index (χ1n) is 5.44. The van der Waals surface area contributed by atoms with E-state index < -0.39 is 5.54 Å². The second kappa shape index (κ2) is 3.87. The number of nitrogens with zero attached hydrogens (tertiary/aromatic N) is 1. The SMILES string of the molecule is CCC(N)(CC)c1nc2ccc(F)cc2o1. The molecule has 3 nitrogen and oxygen atoms in total. The van der Waals surface area contributed by atoms with Gasteiger partial charge in [0.1, 0.15) is 11.3 Å². The highest BCUT2D eigenvalue weighted by Crippen LogP contribution is 2.28. The third kappa shape index (κ3) is 1.69. The van der Waals surface area contributed by atoms with E-state index in [1.54, 1.807) is 6.07 Å². The molecule has 0 radical (unpaired) electrons. The lowest BCUT2D eigenvalue weighted by Gasteiger charge is -2.21. The van der Waals surface area contributed by atoms with Crippen LogP contribution in [0.3, 0.4) is 0 Å². The molecule has 2 aromatic rings. The zero-order chi connectivity index (χ0) is 11.8. The number of nitrogens with two attached hydrogens (primary N) is 1. The van der Waals surface area contributed by atoms with Crippen molar-refractivity contribution in [1.29, 1.82) is 0 Å². The number of aromatic nitrogens is 1. The Balaban J connectivity index is 2.54. The van der Waals surface area contributed by atoms with Crippen LogP contribution in [0, 0.1) is 5.82 Å². The minimum atomic E-state index is -0.560. The number of halogens is 1. The van der Waals surface area contributed by atoms with Gasteiger partial charge in [-0.15, -0.1) is 0 Å². The lowest BCUT2D eigenvalue weighted by atomic mass is 9.94. The van der Waals surface area contributed by atoms with Crippen LogP contribution in [0.15, 0.2) is 22.6 Å². The number of oxazole rings is 1. The van der Waals surface area contributed by atoms with Crippen molar-refractivity contribution >= 4 is 11.1 Å². The Hall–Kier alpha value is -1.42. The summed E-state index contributed by atoms with van der Waals surface area (Å²) >= 11 is 0. The van der Waals surface area contributed by atoms with Crippen molar-refractivity contribution in [3.05, 3.63) is 29.9 Å². The van der Waals surface area contributed by atoms with E-state index in [9.17, 15) is 4.39 Å². The number of hydrogen-bond acceptors (Lipinski definition) is 3. The summed E-state index contributed by atoms with van der Waals surface area (Å²) in [5, 5.41) is 0. The Kier molecular flexibility index (Phi) is 2.68. The van der Waals surface area contributed by atoms with Gasteiger partial charge in [0.2, 0.25) is 5.89 Å². The molecule has 0 saturated heterocycles. The Bertz CT molecular complexity index is 503. The van der Waals surface area contributed by atoms with E-state index in [0.29, 0.717) is 17.0 Å². The summed E-state index contributed by atoms with van der Waals surface area (Å²) in [5.41, 5.74) is 6.71. The second-order valence-corrected chi connectivity index (χ2v) is 3.99. The van der Waals surface area contributed by atoms with Gasteiger partial charge in [0, 0.05) is 6.07 Å². The van der Waals surface area contributed by atoms with E-state index in [1.165, 1.54) is 12.1 Å². The summed E-state index contributed by atoms with van der Waals surface area (Å²) in [6.07, 6.45) is 1.47. The lowest BCUT2D eigenvalue weighted by Crippen LogP contribution is -2.35. The molecule has 0 atom stereocenters. The molecule has 2 rings (SSSR count). The molecular formula is C12H15FN2O. The molecule has 0 fully saturated rings. The second-order valence-electron chi connectivity index (χ2n) is 3.99. The van der Waals surface area contributed by atoms with Gasteiger partial charge < -0.3 is 10.2 Å². The predicted molar refractivity (Wildman–Crippen MR) is 60.4 cm³/mol. The fraction of sp³-hybridized carbons (Fsp3) is 0.417. The van der Waals surface area contributed by atoms with Crippen molar-refractivity contribution in [2.75, 3.05) is 0 Å². The van der Waals surface area contributed by atoms with Gasteiger partial charge in [-0.2, -0.15) is 0 Å². The third-order valence-corrected chi connectivity index (χ3v) is 3.04. The fourth-order valence-electron chi connectivity index (χ4n) is 1.66. The molecule has 0 aliphatic carbocycles. The Morgan fingerprint density at radius 1 is 1.38 bits per heavy atom.